The van der Waals surface area contributed by atoms with E-state index in [0.717, 1.165) is 11.1 Å². The van der Waals surface area contributed by atoms with E-state index in [1.165, 1.54) is 0 Å². The molecule has 0 fully saturated rings. The number of aliphatic hydroxyl groups is 1. The van der Waals surface area contributed by atoms with E-state index in [2.05, 4.69) is 0 Å². The Morgan fingerprint density at radius 1 is 1.00 bits per heavy atom. The SMILES string of the molecule is Cc1ccc(S(=O)(=O)CC(CO)c2ccccc2)cc1. The third-order valence-electron chi connectivity index (χ3n) is 3.29. The monoisotopic (exact) mass is 290 g/mol. The number of hydrogen-bond donors (Lipinski definition) is 1. The van der Waals surface area contributed by atoms with Gasteiger partial charge >= 0.3 is 0 Å². The Bertz CT molecular complexity index is 646. The number of rotatable bonds is 5. The number of hydrogen-bond acceptors (Lipinski definition) is 3. The average molecular weight is 290 g/mol. The van der Waals surface area contributed by atoms with Crippen molar-refractivity contribution < 1.29 is 13.5 Å². The van der Waals surface area contributed by atoms with Crippen molar-refractivity contribution in [2.24, 2.45) is 0 Å². The van der Waals surface area contributed by atoms with Crippen molar-refractivity contribution in [1.29, 1.82) is 0 Å². The molecule has 0 aliphatic carbocycles. The molecule has 0 heterocycles. The lowest BCUT2D eigenvalue weighted by Gasteiger charge is -2.15. The lowest BCUT2D eigenvalue weighted by Crippen LogP contribution is -2.18. The lowest BCUT2D eigenvalue weighted by molar-refractivity contribution is 0.273. The van der Waals surface area contributed by atoms with Gasteiger partial charge in [0.2, 0.25) is 0 Å². The van der Waals surface area contributed by atoms with Gasteiger partial charge in [-0.2, -0.15) is 0 Å². The summed E-state index contributed by atoms with van der Waals surface area (Å²) in [7, 11) is -3.40. The van der Waals surface area contributed by atoms with Crippen LogP contribution in [0, 0.1) is 6.92 Å². The van der Waals surface area contributed by atoms with Crippen LogP contribution in [0.5, 0.6) is 0 Å². The first-order chi connectivity index (χ1) is 9.53. The molecule has 0 bridgehead atoms. The summed E-state index contributed by atoms with van der Waals surface area (Å²) in [6.45, 7) is 1.73. The Balaban J connectivity index is 2.24. The Kier molecular flexibility index (Phi) is 4.57. The highest BCUT2D eigenvalue weighted by Crippen LogP contribution is 2.21. The summed E-state index contributed by atoms with van der Waals surface area (Å²) in [5.41, 5.74) is 1.86. The van der Waals surface area contributed by atoms with Crippen LogP contribution in [0.25, 0.3) is 0 Å². The van der Waals surface area contributed by atoms with Crippen LogP contribution < -0.4 is 0 Å². The van der Waals surface area contributed by atoms with Crippen LogP contribution in [0.4, 0.5) is 0 Å². The van der Waals surface area contributed by atoms with Crippen LogP contribution in [0.1, 0.15) is 17.0 Å². The third-order valence-corrected chi connectivity index (χ3v) is 5.12. The summed E-state index contributed by atoms with van der Waals surface area (Å²) in [5, 5.41) is 9.47. The normalized spacial score (nSPS) is 13.1. The summed E-state index contributed by atoms with van der Waals surface area (Å²) < 4.78 is 24.7. The van der Waals surface area contributed by atoms with Crippen LogP contribution in [-0.4, -0.2) is 25.9 Å². The second-order valence-electron chi connectivity index (χ2n) is 4.88. The summed E-state index contributed by atoms with van der Waals surface area (Å²) in [6, 6.07) is 16.0. The molecule has 4 heteroatoms. The number of benzene rings is 2. The summed E-state index contributed by atoms with van der Waals surface area (Å²) in [4.78, 5) is 0.303. The molecule has 0 saturated carbocycles. The predicted molar refractivity (Wildman–Crippen MR) is 79.5 cm³/mol. The van der Waals surface area contributed by atoms with E-state index in [0.29, 0.717) is 4.90 Å². The molecule has 1 unspecified atom stereocenters. The van der Waals surface area contributed by atoms with Crippen molar-refractivity contribution in [3.63, 3.8) is 0 Å². The van der Waals surface area contributed by atoms with Gasteiger partial charge in [0, 0.05) is 5.92 Å². The van der Waals surface area contributed by atoms with E-state index < -0.39 is 15.8 Å². The maximum Gasteiger partial charge on any atom is 0.179 e. The number of sulfone groups is 1. The molecule has 106 valence electrons. The molecule has 20 heavy (non-hydrogen) atoms. The molecule has 0 amide bonds. The molecule has 1 atom stereocenters. The van der Waals surface area contributed by atoms with E-state index in [4.69, 9.17) is 0 Å². The largest absolute Gasteiger partial charge is 0.396 e. The zero-order valence-electron chi connectivity index (χ0n) is 11.4. The van der Waals surface area contributed by atoms with Gasteiger partial charge in [-0.3, -0.25) is 0 Å². The molecule has 1 N–H and O–H groups in total. The van der Waals surface area contributed by atoms with Gasteiger partial charge in [0.1, 0.15) is 0 Å². The molecule has 0 radical (unpaired) electrons. The number of aryl methyl sites for hydroxylation is 1. The first-order valence-electron chi connectivity index (χ1n) is 6.48. The van der Waals surface area contributed by atoms with Gasteiger partial charge in [0.05, 0.1) is 17.3 Å². The topological polar surface area (TPSA) is 54.4 Å². The molecule has 0 aliphatic heterocycles. The van der Waals surface area contributed by atoms with Gasteiger partial charge in [-0.15, -0.1) is 0 Å². The van der Waals surface area contributed by atoms with Gasteiger partial charge < -0.3 is 5.11 Å². The molecular formula is C16H18O3S. The Labute approximate surface area is 119 Å². The van der Waals surface area contributed by atoms with E-state index in [1.54, 1.807) is 24.3 Å². The van der Waals surface area contributed by atoms with E-state index in [1.807, 2.05) is 37.3 Å². The first-order valence-corrected chi connectivity index (χ1v) is 8.13. The zero-order valence-corrected chi connectivity index (χ0v) is 12.2. The molecular weight excluding hydrogens is 272 g/mol. The molecule has 2 rings (SSSR count). The van der Waals surface area contributed by atoms with Gasteiger partial charge in [-0.1, -0.05) is 48.0 Å². The molecule has 2 aromatic carbocycles. The van der Waals surface area contributed by atoms with Gasteiger partial charge in [0.25, 0.3) is 0 Å². The van der Waals surface area contributed by atoms with Crippen molar-refractivity contribution in [2.45, 2.75) is 17.7 Å². The Morgan fingerprint density at radius 3 is 2.15 bits per heavy atom. The van der Waals surface area contributed by atoms with Crippen molar-refractivity contribution >= 4 is 9.84 Å². The van der Waals surface area contributed by atoms with Crippen LogP contribution in [0.2, 0.25) is 0 Å². The van der Waals surface area contributed by atoms with E-state index in [9.17, 15) is 13.5 Å². The maximum absolute atomic E-state index is 12.4. The van der Waals surface area contributed by atoms with Crippen molar-refractivity contribution in [3.05, 3.63) is 65.7 Å². The fourth-order valence-corrected chi connectivity index (χ4v) is 3.66. The summed E-state index contributed by atoms with van der Waals surface area (Å²) in [6.07, 6.45) is 0. The lowest BCUT2D eigenvalue weighted by atomic mass is 10.0. The highest BCUT2D eigenvalue weighted by molar-refractivity contribution is 7.91. The summed E-state index contributed by atoms with van der Waals surface area (Å²) >= 11 is 0. The van der Waals surface area contributed by atoms with Gasteiger partial charge in [0.15, 0.2) is 9.84 Å². The minimum absolute atomic E-state index is 0.0867. The number of aliphatic hydroxyl groups excluding tert-OH is 1. The highest BCUT2D eigenvalue weighted by Gasteiger charge is 2.22. The molecule has 0 aliphatic rings. The molecule has 0 spiro atoms. The fraction of sp³-hybridized carbons (Fsp3) is 0.250. The van der Waals surface area contributed by atoms with Gasteiger partial charge in [-0.25, -0.2) is 8.42 Å². The van der Waals surface area contributed by atoms with Crippen LogP contribution >= 0.6 is 0 Å². The summed E-state index contributed by atoms with van der Waals surface area (Å²) in [5.74, 6) is -0.487. The van der Waals surface area contributed by atoms with Crippen molar-refractivity contribution in [2.75, 3.05) is 12.4 Å². The predicted octanol–water partition coefficient (Wildman–Crippen LogP) is 2.54. The minimum atomic E-state index is -3.40. The molecule has 0 aromatic heterocycles. The third kappa shape index (κ3) is 3.46. The quantitative estimate of drug-likeness (QED) is 0.920. The van der Waals surface area contributed by atoms with Crippen LogP contribution in [-0.2, 0) is 9.84 Å². The van der Waals surface area contributed by atoms with Crippen molar-refractivity contribution in [1.82, 2.24) is 0 Å². The zero-order chi connectivity index (χ0) is 14.6. The fourth-order valence-electron chi connectivity index (χ4n) is 2.09. The maximum atomic E-state index is 12.4. The average Bonchev–Trinajstić information content (AvgIpc) is 2.46. The van der Waals surface area contributed by atoms with Gasteiger partial charge in [-0.05, 0) is 24.6 Å². The molecule has 0 saturated heterocycles. The van der Waals surface area contributed by atoms with Crippen molar-refractivity contribution in [3.8, 4) is 0 Å². The van der Waals surface area contributed by atoms with E-state index in [-0.39, 0.29) is 12.4 Å². The Morgan fingerprint density at radius 2 is 1.60 bits per heavy atom. The molecule has 3 nitrogen and oxygen atoms in total. The Hall–Kier alpha value is -1.65. The smallest absolute Gasteiger partial charge is 0.179 e. The highest BCUT2D eigenvalue weighted by atomic mass is 32.2. The minimum Gasteiger partial charge on any atom is -0.396 e. The van der Waals surface area contributed by atoms with Crippen LogP contribution in [0.3, 0.4) is 0 Å². The first kappa shape index (κ1) is 14.8. The second kappa shape index (κ2) is 6.20. The van der Waals surface area contributed by atoms with Crippen LogP contribution in [0.15, 0.2) is 59.5 Å². The standard InChI is InChI=1S/C16H18O3S/c1-13-7-9-16(10-8-13)20(18,19)12-15(11-17)14-5-3-2-4-6-14/h2-10,15,17H,11-12H2,1H3. The molecule has 2 aromatic rings. The second-order valence-corrected chi connectivity index (χ2v) is 6.92. The van der Waals surface area contributed by atoms with E-state index >= 15 is 0 Å².